The molecule has 0 aliphatic carbocycles. The molecule has 3 aromatic rings. The Balaban J connectivity index is 1.70. The molecule has 9 nitrogen and oxygen atoms in total. The zero-order valence-corrected chi connectivity index (χ0v) is 21.7. The van der Waals surface area contributed by atoms with Crippen molar-refractivity contribution >= 4 is 40.0 Å². The average Bonchev–Trinajstić information content (AvgIpc) is 3.05. The highest BCUT2D eigenvalue weighted by atomic mass is 35.5. The Morgan fingerprint density at radius 2 is 2.00 bits per heavy atom. The fraction of sp³-hybridized carbons (Fsp3) is 0.480. The third-order valence-corrected chi connectivity index (χ3v) is 7.01. The van der Waals surface area contributed by atoms with Crippen LogP contribution in [0.2, 0.25) is 5.02 Å². The Hall–Kier alpha value is -3.20. The summed E-state index contributed by atoms with van der Waals surface area (Å²) in [4.78, 5) is 18.7. The number of pyridine rings is 1. The van der Waals surface area contributed by atoms with Gasteiger partial charge in [-0.05, 0) is 44.5 Å². The number of nitrogens with one attached hydrogen (secondary N) is 1. The maximum Gasteiger partial charge on any atom is 0.328 e. The number of aliphatic hydroxyl groups excluding tert-OH is 1. The average molecular weight is 535 g/mol. The molecular formula is C25H29ClF2N6O3. The van der Waals surface area contributed by atoms with Crippen LogP contribution in [0, 0.1) is 17.2 Å². The van der Waals surface area contributed by atoms with Gasteiger partial charge in [0, 0.05) is 31.7 Å². The lowest BCUT2D eigenvalue weighted by molar-refractivity contribution is -0.149. The molecule has 1 aliphatic rings. The highest BCUT2D eigenvalue weighted by Gasteiger charge is 2.49. The molecule has 1 aromatic carbocycles. The first-order chi connectivity index (χ1) is 17.2. The van der Waals surface area contributed by atoms with Crippen LogP contribution in [-0.4, -0.2) is 55.0 Å². The molecule has 1 saturated heterocycles. The lowest BCUT2D eigenvalue weighted by Gasteiger charge is -2.40. The molecule has 0 saturated carbocycles. The molecule has 37 heavy (non-hydrogen) atoms. The van der Waals surface area contributed by atoms with Crippen LogP contribution in [0.15, 0.2) is 29.1 Å². The van der Waals surface area contributed by atoms with Crippen molar-refractivity contribution < 1.29 is 19.0 Å². The van der Waals surface area contributed by atoms with Gasteiger partial charge in [-0.25, -0.2) is 18.6 Å². The van der Waals surface area contributed by atoms with Crippen molar-refractivity contribution in [3.63, 3.8) is 0 Å². The van der Waals surface area contributed by atoms with Crippen molar-refractivity contribution in [2.24, 2.45) is 13.0 Å². The summed E-state index contributed by atoms with van der Waals surface area (Å²) in [6.07, 6.45) is -1.53. The number of fused-ring (bicyclic) bond motifs is 1. The molecule has 0 spiro atoms. The first-order valence-corrected chi connectivity index (χ1v) is 12.2. The van der Waals surface area contributed by atoms with Crippen molar-refractivity contribution in [1.82, 2.24) is 14.1 Å². The van der Waals surface area contributed by atoms with Gasteiger partial charge < -0.3 is 20.4 Å². The second-order valence-electron chi connectivity index (χ2n) is 10.2. The van der Waals surface area contributed by atoms with Gasteiger partial charge >= 0.3 is 5.69 Å². The minimum Gasteiger partial charge on any atom is -0.390 e. The molecule has 4 rings (SSSR count). The predicted molar refractivity (Wildman–Crippen MR) is 138 cm³/mol. The lowest BCUT2D eigenvalue weighted by atomic mass is 9.93. The maximum atomic E-state index is 14.2. The van der Waals surface area contributed by atoms with Crippen LogP contribution in [0.1, 0.15) is 32.8 Å². The summed E-state index contributed by atoms with van der Waals surface area (Å²) in [5.41, 5.74) is 0.822. The van der Waals surface area contributed by atoms with Crippen LogP contribution in [0.3, 0.4) is 0 Å². The van der Waals surface area contributed by atoms with Gasteiger partial charge in [0.2, 0.25) is 0 Å². The fourth-order valence-electron chi connectivity index (χ4n) is 4.48. The molecule has 2 atom stereocenters. The van der Waals surface area contributed by atoms with Crippen molar-refractivity contribution in [3.8, 4) is 6.07 Å². The van der Waals surface area contributed by atoms with Gasteiger partial charge in [-0.3, -0.25) is 9.13 Å². The van der Waals surface area contributed by atoms with E-state index in [9.17, 15) is 29.1 Å². The zero-order chi connectivity index (χ0) is 27.3. The van der Waals surface area contributed by atoms with E-state index in [4.69, 9.17) is 11.6 Å². The molecule has 0 bridgehead atoms. The molecule has 2 unspecified atom stereocenters. The van der Waals surface area contributed by atoms with Gasteiger partial charge in [0.15, 0.2) is 5.82 Å². The Bertz CT molecular complexity index is 1430. The number of hydrogen-bond donors (Lipinski definition) is 3. The summed E-state index contributed by atoms with van der Waals surface area (Å²) >= 11 is 6.40. The number of rotatable bonds is 6. The molecule has 1 aliphatic heterocycles. The van der Waals surface area contributed by atoms with Crippen molar-refractivity contribution in [2.75, 3.05) is 23.3 Å². The molecule has 2 aromatic heterocycles. The van der Waals surface area contributed by atoms with E-state index in [1.54, 1.807) is 43.7 Å². The number of halogens is 3. The summed E-state index contributed by atoms with van der Waals surface area (Å²) in [6, 6.07) is 8.66. The Morgan fingerprint density at radius 1 is 1.30 bits per heavy atom. The number of imidazole rings is 1. The quantitative estimate of drug-likeness (QED) is 0.442. The summed E-state index contributed by atoms with van der Waals surface area (Å²) < 4.78 is 31.4. The first-order valence-electron chi connectivity index (χ1n) is 11.8. The summed E-state index contributed by atoms with van der Waals surface area (Å²) in [5, 5.41) is 33.0. The SMILES string of the molecule is CC1CN(c2nc(Nc3ccc4c(c3)n(CCC(C)(C)O)c(=O)n4C)c(Cl)cc2C#N)CC(O)C1(F)F. The van der Waals surface area contributed by atoms with Gasteiger partial charge in [0.05, 0.1) is 33.8 Å². The van der Waals surface area contributed by atoms with Crippen LogP contribution >= 0.6 is 11.6 Å². The van der Waals surface area contributed by atoms with Gasteiger partial charge in [0.1, 0.15) is 18.0 Å². The van der Waals surface area contributed by atoms with Crippen LogP contribution in [-0.2, 0) is 13.6 Å². The highest BCUT2D eigenvalue weighted by Crippen LogP contribution is 2.37. The molecule has 12 heteroatoms. The number of nitrogens with zero attached hydrogens (tertiary/aromatic N) is 5. The summed E-state index contributed by atoms with van der Waals surface area (Å²) in [5.74, 6) is -4.07. The monoisotopic (exact) mass is 534 g/mol. The fourth-order valence-corrected chi connectivity index (χ4v) is 4.67. The topological polar surface area (TPSA) is 119 Å². The molecule has 0 radical (unpaired) electrons. The number of aryl methyl sites for hydroxylation is 2. The van der Waals surface area contributed by atoms with E-state index in [-0.39, 0.29) is 41.0 Å². The minimum absolute atomic E-state index is 0.0964. The van der Waals surface area contributed by atoms with Gasteiger partial charge in [0.25, 0.3) is 5.92 Å². The number of nitriles is 1. The number of hydrogen-bond acceptors (Lipinski definition) is 7. The number of alkyl halides is 2. The number of aliphatic hydroxyl groups is 2. The first kappa shape index (κ1) is 26.9. The standard InChI is InChI=1S/C25H29ClF2N6O3/c1-14-12-33(13-20(35)25(14,27)28)22-15(11-29)9-17(26)21(31-22)30-16-5-6-18-19(10-16)34(23(36)32(18)4)8-7-24(2,3)37/h5-6,9-10,14,20,35,37H,7-8,12-13H2,1-4H3,(H,30,31). The van der Waals surface area contributed by atoms with Gasteiger partial charge in [-0.15, -0.1) is 0 Å². The van der Waals surface area contributed by atoms with E-state index in [0.29, 0.717) is 29.7 Å². The smallest absolute Gasteiger partial charge is 0.328 e. The summed E-state index contributed by atoms with van der Waals surface area (Å²) in [7, 11) is 1.67. The zero-order valence-electron chi connectivity index (χ0n) is 21.0. The largest absolute Gasteiger partial charge is 0.390 e. The molecule has 0 amide bonds. The number of β-amino-alcohol motifs (C(OH)–C–C–N with tert-alkyl or cyclic N) is 1. The van der Waals surface area contributed by atoms with Crippen molar-refractivity contribution in [1.29, 1.82) is 5.26 Å². The van der Waals surface area contributed by atoms with E-state index >= 15 is 0 Å². The van der Waals surface area contributed by atoms with E-state index in [2.05, 4.69) is 10.3 Å². The Labute approximate surface area is 217 Å². The second-order valence-corrected chi connectivity index (χ2v) is 10.6. The lowest BCUT2D eigenvalue weighted by Crippen LogP contribution is -2.56. The van der Waals surface area contributed by atoms with E-state index in [1.165, 1.54) is 22.5 Å². The Morgan fingerprint density at radius 3 is 2.62 bits per heavy atom. The molecular weight excluding hydrogens is 506 g/mol. The molecule has 1 fully saturated rings. The Kier molecular flexibility index (Phi) is 6.96. The third kappa shape index (κ3) is 5.14. The molecule has 3 N–H and O–H groups in total. The van der Waals surface area contributed by atoms with E-state index in [1.807, 2.05) is 6.07 Å². The van der Waals surface area contributed by atoms with Crippen LogP contribution in [0.5, 0.6) is 0 Å². The predicted octanol–water partition coefficient (Wildman–Crippen LogP) is 3.62. The van der Waals surface area contributed by atoms with Gasteiger partial charge in [-0.2, -0.15) is 5.26 Å². The van der Waals surface area contributed by atoms with Crippen LogP contribution in [0.25, 0.3) is 11.0 Å². The number of anilines is 3. The maximum absolute atomic E-state index is 14.2. The number of benzene rings is 1. The second kappa shape index (κ2) is 9.59. The van der Waals surface area contributed by atoms with Crippen molar-refractivity contribution in [2.45, 2.75) is 51.4 Å². The van der Waals surface area contributed by atoms with Crippen LogP contribution < -0.4 is 15.9 Å². The van der Waals surface area contributed by atoms with Crippen molar-refractivity contribution in [3.05, 3.63) is 45.3 Å². The molecule has 3 heterocycles. The number of piperidine rings is 1. The third-order valence-electron chi connectivity index (χ3n) is 6.72. The normalized spacial score (nSPS) is 19.7. The van der Waals surface area contributed by atoms with Gasteiger partial charge in [-0.1, -0.05) is 18.5 Å². The van der Waals surface area contributed by atoms with E-state index < -0.39 is 23.5 Å². The van der Waals surface area contributed by atoms with E-state index in [0.717, 1.165) is 0 Å². The number of aromatic nitrogens is 3. The highest BCUT2D eigenvalue weighted by molar-refractivity contribution is 6.33. The molecule has 198 valence electrons. The summed E-state index contributed by atoms with van der Waals surface area (Å²) in [6.45, 7) is 4.51. The minimum atomic E-state index is -3.25. The van der Waals surface area contributed by atoms with Crippen LogP contribution in [0.4, 0.5) is 26.1 Å².